The molecule has 1 atom stereocenters. The van der Waals surface area contributed by atoms with E-state index in [0.717, 1.165) is 11.1 Å². The molecule has 2 aromatic rings. The number of carbonyl (C=O) groups is 1. The molecule has 1 aliphatic heterocycles. The maximum Gasteiger partial charge on any atom is 0.251 e. The van der Waals surface area contributed by atoms with E-state index in [2.05, 4.69) is 16.0 Å². The fourth-order valence-electron chi connectivity index (χ4n) is 3.05. The Hall–Kier alpha value is -2.33. The number of carbonyl (C=O) groups excluding carboxylic acids is 1. The zero-order valence-electron chi connectivity index (χ0n) is 15.4. The van der Waals surface area contributed by atoms with Gasteiger partial charge in [0.25, 0.3) is 5.91 Å². The van der Waals surface area contributed by atoms with Gasteiger partial charge in [-0.25, -0.2) is 0 Å². The van der Waals surface area contributed by atoms with Crippen LogP contribution in [-0.4, -0.2) is 23.2 Å². The van der Waals surface area contributed by atoms with Gasteiger partial charge in [-0.05, 0) is 58.9 Å². The number of amides is 1. The normalized spacial score (nSPS) is 16.2. The maximum atomic E-state index is 13.0. The van der Waals surface area contributed by atoms with Gasteiger partial charge in [-0.15, -0.1) is 0 Å². The van der Waals surface area contributed by atoms with E-state index in [1.165, 1.54) is 7.11 Å². The quantitative estimate of drug-likeness (QED) is 0.367. The number of thiocarbonyl (C=S) groups is 1. The predicted molar refractivity (Wildman–Crippen MR) is 120 cm³/mol. The molecule has 2 aromatic carbocycles. The smallest absolute Gasteiger partial charge is 0.251 e. The molecular formula is C20H20IN3O3S. The molecule has 0 aliphatic carbocycles. The Morgan fingerprint density at radius 2 is 2.00 bits per heavy atom. The summed E-state index contributed by atoms with van der Waals surface area (Å²) in [6.45, 7) is 2.23. The highest BCUT2D eigenvalue weighted by Gasteiger charge is 2.32. The summed E-state index contributed by atoms with van der Waals surface area (Å²) < 4.78 is 5.77. The molecule has 4 N–H and O–H groups in total. The Morgan fingerprint density at radius 3 is 2.68 bits per heavy atom. The first-order valence-electron chi connectivity index (χ1n) is 8.58. The van der Waals surface area contributed by atoms with Gasteiger partial charge in [-0.3, -0.25) is 4.79 Å². The molecule has 1 amide bonds. The first kappa shape index (κ1) is 20.4. The van der Waals surface area contributed by atoms with Gasteiger partial charge >= 0.3 is 0 Å². The lowest BCUT2D eigenvalue weighted by Gasteiger charge is -2.31. The maximum absolute atomic E-state index is 13.0. The van der Waals surface area contributed by atoms with E-state index in [-0.39, 0.29) is 11.7 Å². The van der Waals surface area contributed by atoms with Crippen LogP contribution in [0.25, 0.3) is 0 Å². The van der Waals surface area contributed by atoms with Gasteiger partial charge in [0.1, 0.15) is 0 Å². The minimum Gasteiger partial charge on any atom is -0.504 e. The van der Waals surface area contributed by atoms with Crippen molar-refractivity contribution in [3.05, 3.63) is 68.4 Å². The Morgan fingerprint density at radius 1 is 1.29 bits per heavy atom. The molecule has 0 saturated carbocycles. The molecule has 0 fully saturated rings. The average Bonchev–Trinajstić information content (AvgIpc) is 2.68. The lowest BCUT2D eigenvalue weighted by molar-refractivity contribution is -0.118. The van der Waals surface area contributed by atoms with E-state index in [0.29, 0.717) is 32.2 Å². The molecule has 0 saturated heterocycles. The number of hydrogen-bond donors (Lipinski definition) is 4. The molecule has 146 valence electrons. The van der Waals surface area contributed by atoms with E-state index in [1.54, 1.807) is 6.07 Å². The second-order valence-corrected chi connectivity index (χ2v) is 7.75. The molecule has 0 spiro atoms. The summed E-state index contributed by atoms with van der Waals surface area (Å²) in [5.41, 5.74) is 2.94. The van der Waals surface area contributed by atoms with Crippen LogP contribution in [0.2, 0.25) is 0 Å². The van der Waals surface area contributed by atoms with Gasteiger partial charge < -0.3 is 25.8 Å². The van der Waals surface area contributed by atoms with Crippen molar-refractivity contribution < 1.29 is 14.6 Å². The minimum absolute atomic E-state index is 0.0357. The second kappa shape index (κ2) is 8.78. The molecule has 1 heterocycles. The first-order chi connectivity index (χ1) is 13.4. The highest BCUT2D eigenvalue weighted by molar-refractivity contribution is 14.1. The number of methoxy groups -OCH3 is 1. The van der Waals surface area contributed by atoms with Crippen LogP contribution >= 0.6 is 34.8 Å². The van der Waals surface area contributed by atoms with Crippen LogP contribution in [-0.2, 0) is 11.3 Å². The summed E-state index contributed by atoms with van der Waals surface area (Å²) in [5.74, 6) is 0.203. The van der Waals surface area contributed by atoms with Crippen LogP contribution in [0.15, 0.2) is 53.7 Å². The van der Waals surface area contributed by atoms with E-state index < -0.39 is 6.04 Å². The van der Waals surface area contributed by atoms with E-state index in [4.69, 9.17) is 17.0 Å². The monoisotopic (exact) mass is 509 g/mol. The summed E-state index contributed by atoms with van der Waals surface area (Å²) in [6.07, 6.45) is 0. The largest absolute Gasteiger partial charge is 0.504 e. The number of halogens is 1. The highest BCUT2D eigenvalue weighted by atomic mass is 127. The van der Waals surface area contributed by atoms with Gasteiger partial charge in [-0.1, -0.05) is 36.4 Å². The molecule has 28 heavy (non-hydrogen) atoms. The number of aromatic hydroxyl groups is 1. The Kier molecular flexibility index (Phi) is 6.40. The summed E-state index contributed by atoms with van der Waals surface area (Å²) >= 11 is 7.33. The van der Waals surface area contributed by atoms with E-state index >= 15 is 0 Å². The summed E-state index contributed by atoms with van der Waals surface area (Å²) in [7, 11) is 1.50. The van der Waals surface area contributed by atoms with Gasteiger partial charge in [0.05, 0.1) is 22.3 Å². The van der Waals surface area contributed by atoms with Crippen LogP contribution in [0.4, 0.5) is 0 Å². The lowest BCUT2D eigenvalue weighted by atomic mass is 9.94. The fourth-order valence-corrected chi connectivity index (χ4v) is 4.08. The van der Waals surface area contributed by atoms with Crippen molar-refractivity contribution >= 4 is 45.8 Å². The summed E-state index contributed by atoms with van der Waals surface area (Å²) in [6, 6.07) is 12.7. The molecule has 3 rings (SSSR count). The van der Waals surface area contributed by atoms with Crippen molar-refractivity contribution in [3.63, 3.8) is 0 Å². The number of benzene rings is 2. The zero-order valence-corrected chi connectivity index (χ0v) is 18.3. The van der Waals surface area contributed by atoms with Crippen LogP contribution < -0.4 is 20.7 Å². The van der Waals surface area contributed by atoms with Crippen LogP contribution in [0.3, 0.4) is 0 Å². The van der Waals surface area contributed by atoms with Crippen molar-refractivity contribution in [2.24, 2.45) is 0 Å². The lowest BCUT2D eigenvalue weighted by Crippen LogP contribution is -2.47. The van der Waals surface area contributed by atoms with Gasteiger partial charge in [-0.2, -0.15) is 0 Å². The number of hydrogen-bond acceptors (Lipinski definition) is 4. The number of phenols is 1. The standard InChI is InChI=1S/C20H20IN3O3S/c1-11-15(19(26)22-10-12-6-4-3-5-7-12)17(24-20(28)23-11)13-8-9-14(27-2)18(25)16(13)21/h3-9,17,25H,10H2,1-2H3,(H,22,26)(H2,23,24,28)/t17-/m1/s1. The first-order valence-corrected chi connectivity index (χ1v) is 10.1. The van der Waals surface area contributed by atoms with Crippen molar-refractivity contribution in [1.82, 2.24) is 16.0 Å². The Bertz CT molecular complexity index is 947. The van der Waals surface area contributed by atoms with E-state index in [9.17, 15) is 9.90 Å². The fraction of sp³-hybridized carbons (Fsp3) is 0.200. The Balaban J connectivity index is 1.93. The third-order valence-electron chi connectivity index (χ3n) is 4.45. The van der Waals surface area contributed by atoms with Gasteiger partial charge in [0, 0.05) is 12.2 Å². The third-order valence-corrected chi connectivity index (χ3v) is 5.80. The number of rotatable bonds is 5. The second-order valence-electron chi connectivity index (χ2n) is 6.26. The molecule has 8 heteroatoms. The molecule has 1 aliphatic rings. The van der Waals surface area contributed by atoms with Crippen LogP contribution in [0, 0.1) is 3.57 Å². The SMILES string of the molecule is COc1ccc([C@H]2NC(=S)NC(C)=C2C(=O)NCc2ccccc2)c(I)c1O. The predicted octanol–water partition coefficient (Wildman–Crippen LogP) is 3.11. The van der Waals surface area contributed by atoms with Crippen molar-refractivity contribution in [2.75, 3.05) is 7.11 Å². The number of nitrogens with one attached hydrogen (secondary N) is 3. The third kappa shape index (κ3) is 4.22. The molecule has 0 bridgehead atoms. The average molecular weight is 509 g/mol. The van der Waals surface area contributed by atoms with Crippen LogP contribution in [0.1, 0.15) is 24.1 Å². The van der Waals surface area contributed by atoms with Gasteiger partial charge in [0.15, 0.2) is 16.6 Å². The van der Waals surface area contributed by atoms with Crippen molar-refractivity contribution in [3.8, 4) is 11.5 Å². The molecule has 0 unspecified atom stereocenters. The number of ether oxygens (including phenoxy) is 1. The number of phenolic OH excluding ortho intramolecular Hbond substituents is 1. The number of allylic oxidation sites excluding steroid dienone is 1. The van der Waals surface area contributed by atoms with Crippen molar-refractivity contribution in [1.29, 1.82) is 0 Å². The summed E-state index contributed by atoms with van der Waals surface area (Å²) in [4.78, 5) is 13.0. The molecule has 6 nitrogen and oxygen atoms in total. The molecular weight excluding hydrogens is 489 g/mol. The molecule has 0 aromatic heterocycles. The topological polar surface area (TPSA) is 82.6 Å². The summed E-state index contributed by atoms with van der Waals surface area (Å²) in [5, 5.41) is 19.9. The van der Waals surface area contributed by atoms with Gasteiger partial charge in [0.2, 0.25) is 0 Å². The molecule has 0 radical (unpaired) electrons. The highest BCUT2D eigenvalue weighted by Crippen LogP contribution is 2.38. The van der Waals surface area contributed by atoms with Crippen LogP contribution in [0.5, 0.6) is 11.5 Å². The minimum atomic E-state index is -0.492. The van der Waals surface area contributed by atoms with E-state index in [1.807, 2.05) is 65.9 Å². The Labute approximate surface area is 182 Å². The zero-order chi connectivity index (χ0) is 20.3. The van der Waals surface area contributed by atoms with Crippen molar-refractivity contribution in [2.45, 2.75) is 19.5 Å².